The molecule has 0 fully saturated rings. The van der Waals surface area contributed by atoms with E-state index in [4.69, 9.17) is 10.5 Å². The molecule has 0 bridgehead atoms. The van der Waals surface area contributed by atoms with Crippen molar-refractivity contribution in [2.24, 2.45) is 0 Å². The molecule has 4 nitrogen and oxygen atoms in total. The molecule has 0 aliphatic heterocycles. The lowest BCUT2D eigenvalue weighted by molar-refractivity contribution is 0.307. The number of H-pyrrole nitrogens is 1. The Kier molecular flexibility index (Phi) is 3.37. The number of aromatic nitrogens is 2. The second kappa shape index (κ2) is 5.48. The van der Waals surface area contributed by atoms with Crippen LogP contribution >= 0.6 is 0 Å². The van der Waals surface area contributed by atoms with E-state index in [-0.39, 0.29) is 0 Å². The predicted octanol–water partition coefficient (Wildman–Crippen LogP) is 3.24. The Morgan fingerprint density at radius 1 is 1.00 bits per heavy atom. The number of aromatic amines is 1. The zero-order valence-corrected chi connectivity index (χ0v) is 10.9. The molecule has 3 rings (SSSR count). The van der Waals surface area contributed by atoms with Gasteiger partial charge < -0.3 is 10.5 Å². The Labute approximate surface area is 117 Å². The molecule has 0 spiro atoms. The first-order valence-corrected chi connectivity index (χ1v) is 6.40. The van der Waals surface area contributed by atoms with Crippen molar-refractivity contribution in [1.29, 1.82) is 0 Å². The molecule has 0 aliphatic rings. The van der Waals surface area contributed by atoms with Crippen molar-refractivity contribution in [3.63, 3.8) is 0 Å². The topological polar surface area (TPSA) is 63.9 Å². The van der Waals surface area contributed by atoms with Gasteiger partial charge in [0.15, 0.2) is 0 Å². The monoisotopic (exact) mass is 265 g/mol. The first-order valence-electron chi connectivity index (χ1n) is 6.40. The third kappa shape index (κ3) is 2.64. The normalized spacial score (nSPS) is 10.4. The van der Waals surface area contributed by atoms with E-state index in [9.17, 15) is 0 Å². The molecule has 100 valence electrons. The lowest BCUT2D eigenvalue weighted by Crippen LogP contribution is -1.96. The molecule has 3 aromatic rings. The largest absolute Gasteiger partial charge is 0.488 e. The summed E-state index contributed by atoms with van der Waals surface area (Å²) in [6, 6.07) is 19.7. The van der Waals surface area contributed by atoms with Crippen molar-refractivity contribution >= 4 is 5.82 Å². The third-order valence-electron chi connectivity index (χ3n) is 3.01. The molecular weight excluding hydrogens is 250 g/mol. The van der Waals surface area contributed by atoms with E-state index in [0.29, 0.717) is 12.4 Å². The van der Waals surface area contributed by atoms with Gasteiger partial charge in [0, 0.05) is 11.6 Å². The van der Waals surface area contributed by atoms with Gasteiger partial charge >= 0.3 is 0 Å². The van der Waals surface area contributed by atoms with Crippen LogP contribution in [0.1, 0.15) is 5.56 Å². The molecule has 20 heavy (non-hydrogen) atoms. The number of anilines is 1. The molecule has 4 heteroatoms. The molecule has 0 aliphatic carbocycles. The number of hydrogen-bond donors (Lipinski definition) is 2. The quantitative estimate of drug-likeness (QED) is 0.761. The van der Waals surface area contributed by atoms with E-state index in [0.717, 1.165) is 22.6 Å². The Balaban J connectivity index is 1.83. The zero-order chi connectivity index (χ0) is 13.8. The molecule has 1 heterocycles. The highest BCUT2D eigenvalue weighted by atomic mass is 16.5. The van der Waals surface area contributed by atoms with Crippen LogP contribution < -0.4 is 10.5 Å². The summed E-state index contributed by atoms with van der Waals surface area (Å²) in [5.41, 5.74) is 8.58. The number of nitrogens with zero attached hydrogens (tertiary/aromatic N) is 1. The Hall–Kier alpha value is -2.75. The summed E-state index contributed by atoms with van der Waals surface area (Å²) < 4.78 is 5.90. The van der Waals surface area contributed by atoms with E-state index in [1.165, 1.54) is 0 Å². The van der Waals surface area contributed by atoms with Gasteiger partial charge in [0.25, 0.3) is 0 Å². The first kappa shape index (κ1) is 12.3. The number of hydrogen-bond acceptors (Lipinski definition) is 3. The number of ether oxygens (including phenoxy) is 1. The molecule has 2 aromatic carbocycles. The van der Waals surface area contributed by atoms with Gasteiger partial charge in [-0.3, -0.25) is 5.10 Å². The van der Waals surface area contributed by atoms with E-state index < -0.39 is 0 Å². The molecule has 0 saturated carbocycles. The second-order valence-electron chi connectivity index (χ2n) is 4.48. The first-order chi connectivity index (χ1) is 9.83. The molecule has 0 radical (unpaired) electrons. The maximum Gasteiger partial charge on any atom is 0.145 e. The van der Waals surface area contributed by atoms with Gasteiger partial charge in [-0.05, 0) is 17.7 Å². The average molecular weight is 265 g/mol. The van der Waals surface area contributed by atoms with Gasteiger partial charge in [-0.2, -0.15) is 5.10 Å². The average Bonchev–Trinajstić information content (AvgIpc) is 2.93. The van der Waals surface area contributed by atoms with Crippen LogP contribution in [0.5, 0.6) is 5.75 Å². The smallest absolute Gasteiger partial charge is 0.145 e. The van der Waals surface area contributed by atoms with Crippen molar-refractivity contribution in [2.75, 3.05) is 5.73 Å². The van der Waals surface area contributed by atoms with Crippen LogP contribution in [0.3, 0.4) is 0 Å². The van der Waals surface area contributed by atoms with Crippen LogP contribution in [0, 0.1) is 0 Å². The summed E-state index contributed by atoms with van der Waals surface area (Å²) in [5.74, 6) is 1.28. The lowest BCUT2D eigenvalue weighted by Gasteiger charge is -2.10. The zero-order valence-electron chi connectivity index (χ0n) is 10.9. The summed E-state index contributed by atoms with van der Waals surface area (Å²) in [6.45, 7) is 0.529. The van der Waals surface area contributed by atoms with Crippen LogP contribution in [0.15, 0.2) is 60.7 Å². The van der Waals surface area contributed by atoms with Gasteiger partial charge in [-0.1, -0.05) is 42.5 Å². The number of rotatable bonds is 4. The van der Waals surface area contributed by atoms with E-state index in [1.807, 2.05) is 54.6 Å². The van der Waals surface area contributed by atoms with Crippen LogP contribution in [-0.2, 0) is 6.61 Å². The standard InChI is InChI=1S/C16H15N3O/c17-16-10-14(18-19-16)13-8-4-5-9-15(13)20-11-12-6-2-1-3-7-12/h1-10H,11H2,(H3,17,18,19). The highest BCUT2D eigenvalue weighted by Gasteiger charge is 2.08. The molecule has 3 N–H and O–H groups in total. The Bertz CT molecular complexity index is 692. The van der Waals surface area contributed by atoms with Gasteiger partial charge in [0.2, 0.25) is 0 Å². The fourth-order valence-electron chi connectivity index (χ4n) is 2.03. The minimum atomic E-state index is 0.470. The minimum absolute atomic E-state index is 0.470. The molecule has 1 aromatic heterocycles. The second-order valence-corrected chi connectivity index (χ2v) is 4.48. The summed E-state index contributed by atoms with van der Waals surface area (Å²) in [4.78, 5) is 0. The predicted molar refractivity (Wildman–Crippen MR) is 79.2 cm³/mol. The van der Waals surface area contributed by atoms with Crippen molar-refractivity contribution in [3.05, 3.63) is 66.2 Å². The summed E-state index contributed by atoms with van der Waals surface area (Å²) in [5, 5.41) is 6.85. The fraction of sp³-hybridized carbons (Fsp3) is 0.0625. The number of nitrogens with one attached hydrogen (secondary N) is 1. The Morgan fingerprint density at radius 3 is 2.50 bits per heavy atom. The summed E-state index contributed by atoms with van der Waals surface area (Å²) in [7, 11) is 0. The molecule has 0 unspecified atom stereocenters. The lowest BCUT2D eigenvalue weighted by atomic mass is 10.1. The van der Waals surface area contributed by atoms with Gasteiger partial charge in [-0.15, -0.1) is 0 Å². The van der Waals surface area contributed by atoms with Gasteiger partial charge in [-0.25, -0.2) is 0 Å². The van der Waals surface area contributed by atoms with Crippen molar-refractivity contribution < 1.29 is 4.74 Å². The molecule has 0 amide bonds. The van der Waals surface area contributed by atoms with Crippen LogP contribution in [0.4, 0.5) is 5.82 Å². The van der Waals surface area contributed by atoms with Gasteiger partial charge in [0.05, 0.1) is 5.69 Å². The number of nitrogen functional groups attached to an aromatic ring is 1. The van der Waals surface area contributed by atoms with E-state index >= 15 is 0 Å². The molecule has 0 saturated heterocycles. The van der Waals surface area contributed by atoms with Crippen LogP contribution in [0.25, 0.3) is 11.3 Å². The van der Waals surface area contributed by atoms with Crippen molar-refractivity contribution in [1.82, 2.24) is 10.2 Å². The van der Waals surface area contributed by atoms with E-state index in [2.05, 4.69) is 10.2 Å². The molecular formula is C16H15N3O. The highest BCUT2D eigenvalue weighted by molar-refractivity contribution is 5.68. The third-order valence-corrected chi connectivity index (χ3v) is 3.01. The maximum absolute atomic E-state index is 5.90. The summed E-state index contributed by atoms with van der Waals surface area (Å²) in [6.07, 6.45) is 0. The van der Waals surface area contributed by atoms with Crippen LogP contribution in [0.2, 0.25) is 0 Å². The van der Waals surface area contributed by atoms with Gasteiger partial charge in [0.1, 0.15) is 18.2 Å². The fourth-order valence-corrected chi connectivity index (χ4v) is 2.03. The number of benzene rings is 2. The molecule has 0 atom stereocenters. The number of para-hydroxylation sites is 1. The highest BCUT2D eigenvalue weighted by Crippen LogP contribution is 2.29. The SMILES string of the molecule is Nc1cc(-c2ccccc2OCc2ccccc2)[nH]n1. The van der Waals surface area contributed by atoms with Crippen molar-refractivity contribution in [2.45, 2.75) is 6.61 Å². The van der Waals surface area contributed by atoms with Crippen molar-refractivity contribution in [3.8, 4) is 17.0 Å². The Morgan fingerprint density at radius 2 is 1.75 bits per heavy atom. The number of nitrogens with two attached hydrogens (primary N) is 1. The maximum atomic E-state index is 5.90. The minimum Gasteiger partial charge on any atom is -0.488 e. The van der Waals surface area contributed by atoms with E-state index in [1.54, 1.807) is 6.07 Å². The van der Waals surface area contributed by atoms with Crippen LogP contribution in [-0.4, -0.2) is 10.2 Å². The summed E-state index contributed by atoms with van der Waals surface area (Å²) >= 11 is 0.